The van der Waals surface area contributed by atoms with E-state index in [-0.39, 0.29) is 0 Å². The third-order valence-electron chi connectivity index (χ3n) is 0. The Morgan fingerprint density at radius 2 is 2.00 bits per heavy atom. The van der Waals surface area contributed by atoms with Crippen LogP contribution >= 0.6 is 0 Å². The van der Waals surface area contributed by atoms with Crippen molar-refractivity contribution >= 4 is 13.8 Å². The first kappa shape index (κ1) is 5.32. The van der Waals surface area contributed by atoms with Crippen LogP contribution in [0.25, 0.3) is 0 Å². The zero-order valence-corrected chi connectivity index (χ0v) is 5.18. The van der Waals surface area contributed by atoms with Gasteiger partial charge in [0.05, 0.1) is 0 Å². The van der Waals surface area contributed by atoms with Crippen LogP contribution < -0.4 is 0 Å². The predicted molar refractivity (Wildman–Crippen MR) is 20.4 cm³/mol. The number of hydrogen-bond acceptors (Lipinski definition) is 1. The average Bonchev–Trinajstić information content (AvgIpc) is 0.722. The van der Waals surface area contributed by atoms with Crippen LogP contribution in [0, 0.1) is 0 Å². The van der Waals surface area contributed by atoms with Crippen molar-refractivity contribution in [3.63, 3.8) is 0 Å². The molecule has 0 fully saturated rings. The van der Waals surface area contributed by atoms with Crippen LogP contribution in [-0.4, -0.2) is 17.9 Å². The second-order valence-corrected chi connectivity index (χ2v) is 6.72. The molecule has 0 spiro atoms. The van der Waals surface area contributed by atoms with Crippen molar-refractivity contribution < 1.29 is 7.84 Å². The van der Waals surface area contributed by atoms with Crippen LogP contribution in [0.15, 0.2) is 0 Å². The Balaban J connectivity index is 3.47. The first-order valence-corrected chi connectivity index (χ1v) is 6.64. The first-order chi connectivity index (χ1) is 2.00. The average molecular weight is 140 g/mol. The topological polar surface area (TPSA) is 37.3 Å². The van der Waals surface area contributed by atoms with Gasteiger partial charge in [-0.15, -0.1) is 0 Å². The summed E-state index contributed by atoms with van der Waals surface area (Å²) < 4.78 is 18.0. The Hall–Kier alpha value is 0.318. The molecule has 0 bridgehead atoms. The Morgan fingerprint density at radius 3 is 2.00 bits per heavy atom. The Kier molecular flexibility index (Phi) is 1.27. The molecule has 1 N–H and O–H groups in total. The van der Waals surface area contributed by atoms with Gasteiger partial charge in [0.1, 0.15) is 0 Å². The van der Waals surface area contributed by atoms with Crippen LogP contribution in [0.2, 0.25) is 11.4 Å². The third-order valence-corrected chi connectivity index (χ3v) is 0. The van der Waals surface area contributed by atoms with E-state index in [0.717, 1.165) is 0 Å². The van der Waals surface area contributed by atoms with E-state index >= 15 is 0 Å². The van der Waals surface area contributed by atoms with E-state index in [2.05, 4.69) is 0 Å². The molecule has 0 aliphatic rings. The van der Waals surface area contributed by atoms with Gasteiger partial charge < -0.3 is 0 Å². The Labute approximate surface area is 33.8 Å². The maximum atomic E-state index is 9.83. The quantitative estimate of drug-likeness (QED) is 0.485. The monoisotopic (exact) mass is 140 g/mol. The molecule has 0 aromatic rings. The number of rotatable bonds is 0. The van der Waals surface area contributed by atoms with E-state index in [4.69, 9.17) is 4.10 Å². The second kappa shape index (κ2) is 1.19. The molecule has 0 aromatic carbocycles. The van der Waals surface area contributed by atoms with E-state index in [1.165, 1.54) is 11.4 Å². The molecule has 0 rings (SSSR count). The summed E-state index contributed by atoms with van der Waals surface area (Å²) in [5.41, 5.74) is 2.72. The summed E-state index contributed by atoms with van der Waals surface area (Å²) >= 11 is -3.12. The first-order valence-electron chi connectivity index (χ1n) is 1.28. The molecule has 1 atom stereocenters. The van der Waals surface area contributed by atoms with Crippen LogP contribution in [0.1, 0.15) is 0 Å². The van der Waals surface area contributed by atoms with E-state index in [0.29, 0.717) is 0 Å². The normalized spacial score (nSPS) is 21.4. The van der Waals surface area contributed by atoms with Crippen molar-refractivity contribution in [3.05, 3.63) is 0 Å². The van der Waals surface area contributed by atoms with Gasteiger partial charge in [0.25, 0.3) is 0 Å². The molecule has 0 heterocycles. The van der Waals surface area contributed by atoms with E-state index in [1.54, 1.807) is 0 Å². The van der Waals surface area contributed by atoms with Crippen LogP contribution in [-0.2, 0) is 3.74 Å². The molecule has 32 valence electrons. The van der Waals surface area contributed by atoms with Crippen molar-refractivity contribution in [3.8, 4) is 0 Å². The standard InChI is InChI=1S/C2H7AsO2/c1-3(2,4)5/h1-2H3,(H,4,5)/i1+2. The van der Waals surface area contributed by atoms with Gasteiger partial charge in [0.15, 0.2) is 0 Å². The van der Waals surface area contributed by atoms with Crippen molar-refractivity contribution in [1.29, 1.82) is 0 Å². The fourth-order valence-electron chi connectivity index (χ4n) is 0. The summed E-state index contributed by atoms with van der Waals surface area (Å²) in [7, 11) is 0. The van der Waals surface area contributed by atoms with Gasteiger partial charge in [-0.05, 0) is 0 Å². The van der Waals surface area contributed by atoms with Gasteiger partial charge in [-0.3, -0.25) is 0 Å². The Morgan fingerprint density at radius 1 is 2.00 bits per heavy atom. The molecule has 1 unspecified atom stereocenters. The zero-order valence-electron chi connectivity index (χ0n) is 3.30. The maximum absolute atomic E-state index is 9.83. The summed E-state index contributed by atoms with van der Waals surface area (Å²) in [5, 5.41) is 0. The molecular weight excluding hydrogens is 133 g/mol. The summed E-state index contributed by atoms with van der Waals surface area (Å²) in [4.78, 5) is 0. The molecule has 2 nitrogen and oxygen atoms in total. The van der Waals surface area contributed by atoms with Gasteiger partial charge in [-0.1, -0.05) is 0 Å². The van der Waals surface area contributed by atoms with Crippen molar-refractivity contribution in [2.24, 2.45) is 0 Å². The molecule has 0 aliphatic carbocycles. The molecule has 0 amide bonds. The third kappa shape index (κ3) is 229. The van der Waals surface area contributed by atoms with E-state index in [9.17, 15) is 3.74 Å². The fraction of sp³-hybridized carbons (Fsp3) is 1.00. The molecule has 0 saturated heterocycles. The van der Waals surface area contributed by atoms with Crippen molar-refractivity contribution in [2.45, 2.75) is 11.4 Å². The van der Waals surface area contributed by atoms with Gasteiger partial charge in [-0.25, -0.2) is 0 Å². The zero-order chi connectivity index (χ0) is 4.50. The molecule has 0 aromatic heterocycles. The van der Waals surface area contributed by atoms with E-state index < -0.39 is 13.8 Å². The van der Waals surface area contributed by atoms with Gasteiger partial charge in [0, 0.05) is 0 Å². The summed E-state index contributed by atoms with van der Waals surface area (Å²) in [6.45, 7) is 0. The van der Waals surface area contributed by atoms with Gasteiger partial charge >= 0.3 is 33.1 Å². The summed E-state index contributed by atoms with van der Waals surface area (Å²) in [6, 6.07) is 0. The SMILES string of the molecule is C[As]([14CH3])(=O)O. The summed E-state index contributed by atoms with van der Waals surface area (Å²) in [6.07, 6.45) is 0. The van der Waals surface area contributed by atoms with Crippen LogP contribution in [0.3, 0.4) is 0 Å². The molecule has 3 heteroatoms. The van der Waals surface area contributed by atoms with Crippen LogP contribution in [0.4, 0.5) is 0 Å². The number of hydrogen-bond donors (Lipinski definition) is 1. The minimum atomic E-state index is -3.12. The molecular formula is C2H7AsO2. The minimum absolute atomic E-state index is 1.36. The molecule has 5 heavy (non-hydrogen) atoms. The molecule has 0 saturated carbocycles. The second-order valence-electron chi connectivity index (χ2n) is 1.29. The molecule has 0 radical (unpaired) electrons. The van der Waals surface area contributed by atoms with Crippen molar-refractivity contribution in [1.82, 2.24) is 0 Å². The van der Waals surface area contributed by atoms with E-state index in [1.807, 2.05) is 0 Å². The van der Waals surface area contributed by atoms with Crippen molar-refractivity contribution in [2.75, 3.05) is 0 Å². The van der Waals surface area contributed by atoms with Crippen LogP contribution in [0.5, 0.6) is 0 Å². The Bertz CT molecular complexity index is 53.8. The van der Waals surface area contributed by atoms with Gasteiger partial charge in [-0.2, -0.15) is 0 Å². The van der Waals surface area contributed by atoms with Gasteiger partial charge in [0.2, 0.25) is 0 Å². The predicted octanol–water partition coefficient (Wildman–Crippen LogP) is 0.111. The summed E-state index contributed by atoms with van der Waals surface area (Å²) in [5.74, 6) is 0. The fourth-order valence-corrected chi connectivity index (χ4v) is 0. The molecule has 0 aliphatic heterocycles.